The van der Waals surface area contributed by atoms with Gasteiger partial charge in [-0.25, -0.2) is 4.98 Å². The van der Waals surface area contributed by atoms with Crippen molar-refractivity contribution in [2.24, 2.45) is 11.8 Å². The van der Waals surface area contributed by atoms with Gasteiger partial charge in [-0.3, -0.25) is 4.79 Å². The quantitative estimate of drug-likeness (QED) is 0.484. The molecular formula is C24H34N4O3. The molecule has 0 fully saturated rings. The second kappa shape index (κ2) is 11.1. The van der Waals surface area contributed by atoms with Gasteiger partial charge in [0.05, 0.1) is 31.2 Å². The Morgan fingerprint density at radius 3 is 2.74 bits per heavy atom. The van der Waals surface area contributed by atoms with Gasteiger partial charge in [-0.15, -0.1) is 0 Å². The van der Waals surface area contributed by atoms with E-state index in [4.69, 9.17) is 0 Å². The van der Waals surface area contributed by atoms with Crippen LogP contribution in [0, 0.1) is 18.8 Å². The van der Waals surface area contributed by atoms with E-state index >= 15 is 0 Å². The van der Waals surface area contributed by atoms with E-state index in [0.717, 1.165) is 29.9 Å². The van der Waals surface area contributed by atoms with E-state index in [2.05, 4.69) is 26.6 Å². The van der Waals surface area contributed by atoms with Gasteiger partial charge in [-0.2, -0.15) is 0 Å². The van der Waals surface area contributed by atoms with Gasteiger partial charge >= 0.3 is 0 Å². The number of hydrogen-bond donors (Lipinski definition) is 4. The van der Waals surface area contributed by atoms with Crippen molar-refractivity contribution < 1.29 is 15.0 Å². The normalized spacial score (nSPS) is 22.3. The number of nitrogens with zero attached hydrogens (tertiary/aromatic N) is 2. The van der Waals surface area contributed by atoms with Crippen LogP contribution in [0.4, 0.5) is 11.5 Å². The molecule has 3 rings (SSSR count). The number of carbonyl (C=O) groups excluding carboxylic acids is 1. The van der Waals surface area contributed by atoms with Crippen LogP contribution in [0.25, 0.3) is 0 Å². The maximum atomic E-state index is 12.8. The lowest BCUT2D eigenvalue weighted by atomic mass is 9.92. The van der Waals surface area contributed by atoms with Gasteiger partial charge in [0.15, 0.2) is 0 Å². The van der Waals surface area contributed by atoms with Crippen LogP contribution in [-0.4, -0.2) is 52.9 Å². The summed E-state index contributed by atoms with van der Waals surface area (Å²) in [6, 6.07) is 1.69. The SMILES string of the molecule is CC[C@@H](CO)Nc1cc(N2C=CC(C(=O)NC(CO)C3C=CC=CC3)CC2)c(C)cn1. The molecule has 0 aromatic carbocycles. The highest BCUT2D eigenvalue weighted by molar-refractivity contribution is 5.81. The zero-order chi connectivity index (χ0) is 22.2. The van der Waals surface area contributed by atoms with E-state index in [0.29, 0.717) is 13.0 Å². The molecule has 2 heterocycles. The van der Waals surface area contributed by atoms with Crippen LogP contribution in [0.1, 0.15) is 31.7 Å². The lowest BCUT2D eigenvalue weighted by molar-refractivity contribution is -0.125. The molecule has 2 aliphatic rings. The van der Waals surface area contributed by atoms with Crippen molar-refractivity contribution in [3.8, 4) is 0 Å². The number of anilines is 2. The molecule has 0 spiro atoms. The van der Waals surface area contributed by atoms with Gasteiger partial charge in [0.25, 0.3) is 0 Å². The number of amides is 1. The Kier molecular flexibility index (Phi) is 8.26. The third kappa shape index (κ3) is 5.95. The number of rotatable bonds is 9. The first kappa shape index (κ1) is 23.0. The molecule has 0 bridgehead atoms. The molecular weight excluding hydrogens is 392 g/mol. The van der Waals surface area contributed by atoms with E-state index in [1.54, 1.807) is 0 Å². The minimum absolute atomic E-state index is 0.0259. The predicted octanol–water partition coefficient (Wildman–Crippen LogP) is 2.52. The Bertz CT molecular complexity index is 832. The fourth-order valence-electron chi connectivity index (χ4n) is 3.94. The molecule has 3 unspecified atom stereocenters. The van der Waals surface area contributed by atoms with Crippen molar-refractivity contribution in [3.63, 3.8) is 0 Å². The van der Waals surface area contributed by atoms with Crippen LogP contribution >= 0.6 is 0 Å². The highest BCUT2D eigenvalue weighted by atomic mass is 16.3. The van der Waals surface area contributed by atoms with Crippen molar-refractivity contribution in [2.45, 2.75) is 45.2 Å². The summed E-state index contributed by atoms with van der Waals surface area (Å²) in [6.07, 6.45) is 16.1. The minimum Gasteiger partial charge on any atom is -0.394 e. The molecule has 1 amide bonds. The first-order valence-electron chi connectivity index (χ1n) is 11.1. The minimum atomic E-state index is -0.269. The third-order valence-corrected chi connectivity index (χ3v) is 6.02. The van der Waals surface area contributed by atoms with Crippen molar-refractivity contribution in [1.29, 1.82) is 0 Å². The van der Waals surface area contributed by atoms with Crippen molar-refractivity contribution >= 4 is 17.4 Å². The van der Waals surface area contributed by atoms with E-state index < -0.39 is 0 Å². The monoisotopic (exact) mass is 426 g/mol. The summed E-state index contributed by atoms with van der Waals surface area (Å²) in [6.45, 7) is 4.73. The van der Waals surface area contributed by atoms with Crippen molar-refractivity contribution in [2.75, 3.05) is 30.0 Å². The first-order chi connectivity index (χ1) is 15.0. The van der Waals surface area contributed by atoms with Gasteiger partial charge in [0, 0.05) is 36.6 Å². The summed E-state index contributed by atoms with van der Waals surface area (Å²) in [5.74, 6) is 0.599. The maximum Gasteiger partial charge on any atom is 0.227 e. The van der Waals surface area contributed by atoms with Gasteiger partial charge in [0.2, 0.25) is 5.91 Å². The highest BCUT2D eigenvalue weighted by Crippen LogP contribution is 2.27. The maximum absolute atomic E-state index is 12.8. The fraction of sp³-hybridized carbons (Fsp3) is 0.500. The summed E-state index contributed by atoms with van der Waals surface area (Å²) >= 11 is 0. The Hall–Kier alpha value is -2.64. The van der Waals surface area contributed by atoms with Crippen LogP contribution in [0.15, 0.2) is 48.8 Å². The first-order valence-corrected chi connectivity index (χ1v) is 11.1. The van der Waals surface area contributed by atoms with Gasteiger partial charge < -0.3 is 25.7 Å². The summed E-state index contributed by atoms with van der Waals surface area (Å²) in [5.41, 5.74) is 2.08. The third-order valence-electron chi connectivity index (χ3n) is 6.02. The smallest absolute Gasteiger partial charge is 0.227 e. The van der Waals surface area contributed by atoms with Gasteiger partial charge in [-0.05, 0) is 31.7 Å². The topological polar surface area (TPSA) is 97.7 Å². The lowest BCUT2D eigenvalue weighted by Crippen LogP contribution is -2.45. The largest absolute Gasteiger partial charge is 0.394 e. The lowest BCUT2D eigenvalue weighted by Gasteiger charge is -2.31. The Balaban J connectivity index is 1.63. The van der Waals surface area contributed by atoms with Crippen molar-refractivity contribution in [1.82, 2.24) is 10.3 Å². The molecule has 1 aliphatic heterocycles. The second-order valence-corrected chi connectivity index (χ2v) is 8.23. The number of hydrogen-bond acceptors (Lipinski definition) is 6. The Labute approximate surface area is 184 Å². The standard InChI is InChI=1S/C24H34N4O3/c1-3-20(15-29)26-23-13-22(17(2)14-25-23)28-11-9-19(10-12-28)24(31)27-21(16-30)18-7-5-4-6-8-18/h4-7,9,11,13-14,18-21,29-30H,3,8,10,12,15-16H2,1-2H3,(H,25,26)(H,27,31)/t18?,19?,20-,21?/m0/s1. The molecule has 0 saturated heterocycles. The molecule has 7 heteroatoms. The van der Waals surface area contributed by atoms with Gasteiger partial charge in [0.1, 0.15) is 5.82 Å². The number of aliphatic hydroxyl groups is 2. The molecule has 168 valence electrons. The summed E-state index contributed by atoms with van der Waals surface area (Å²) < 4.78 is 0. The van der Waals surface area contributed by atoms with Crippen LogP contribution in [0.5, 0.6) is 0 Å². The predicted molar refractivity (Wildman–Crippen MR) is 124 cm³/mol. The van der Waals surface area contributed by atoms with Crippen LogP contribution in [-0.2, 0) is 4.79 Å². The van der Waals surface area contributed by atoms with Crippen LogP contribution in [0.3, 0.4) is 0 Å². The molecule has 4 N–H and O–H groups in total. The van der Waals surface area contributed by atoms with E-state index in [-0.39, 0.29) is 43.0 Å². The highest BCUT2D eigenvalue weighted by Gasteiger charge is 2.26. The number of pyridine rings is 1. The molecule has 7 nitrogen and oxygen atoms in total. The average Bonchev–Trinajstić information content (AvgIpc) is 2.82. The van der Waals surface area contributed by atoms with E-state index in [1.807, 2.05) is 56.6 Å². The summed E-state index contributed by atoms with van der Waals surface area (Å²) in [5, 5.41) is 25.5. The Morgan fingerprint density at radius 2 is 2.13 bits per heavy atom. The number of aromatic nitrogens is 1. The molecule has 4 atom stereocenters. The molecule has 1 aromatic heterocycles. The average molecular weight is 427 g/mol. The molecule has 0 saturated carbocycles. The zero-order valence-electron chi connectivity index (χ0n) is 18.4. The second-order valence-electron chi connectivity index (χ2n) is 8.23. The van der Waals surface area contributed by atoms with Crippen LogP contribution < -0.4 is 15.5 Å². The number of aliphatic hydroxyl groups excluding tert-OH is 2. The number of aryl methyl sites for hydroxylation is 1. The molecule has 31 heavy (non-hydrogen) atoms. The van der Waals surface area contributed by atoms with E-state index in [1.165, 1.54) is 0 Å². The van der Waals surface area contributed by atoms with Crippen molar-refractivity contribution in [3.05, 3.63) is 54.4 Å². The number of nitrogens with one attached hydrogen (secondary N) is 2. The number of allylic oxidation sites excluding steroid dienone is 3. The molecule has 1 aromatic rings. The van der Waals surface area contributed by atoms with E-state index in [9.17, 15) is 15.0 Å². The fourth-order valence-corrected chi connectivity index (χ4v) is 3.94. The number of carbonyl (C=O) groups is 1. The summed E-state index contributed by atoms with van der Waals surface area (Å²) in [7, 11) is 0. The van der Waals surface area contributed by atoms with Gasteiger partial charge in [-0.1, -0.05) is 37.3 Å². The summed E-state index contributed by atoms with van der Waals surface area (Å²) in [4.78, 5) is 19.3. The zero-order valence-corrected chi connectivity index (χ0v) is 18.4. The van der Waals surface area contributed by atoms with Crippen LogP contribution in [0.2, 0.25) is 0 Å². The molecule has 0 radical (unpaired) electrons. The molecule has 1 aliphatic carbocycles. The Morgan fingerprint density at radius 1 is 1.29 bits per heavy atom.